The molecule has 2 saturated heterocycles. The molecule has 6 rings (SSSR count). The zero-order valence-corrected chi connectivity index (χ0v) is 20.3. The van der Waals surface area contributed by atoms with Crippen LogP contribution in [0.25, 0.3) is 22.1 Å². The van der Waals surface area contributed by atoms with Crippen LogP contribution in [0.1, 0.15) is 25.6 Å². The highest BCUT2D eigenvalue weighted by Crippen LogP contribution is 2.43. The highest BCUT2D eigenvalue weighted by atomic mass is 16.8. The van der Waals surface area contributed by atoms with Crippen molar-refractivity contribution in [2.45, 2.75) is 50.6 Å². The fourth-order valence-electron chi connectivity index (χ4n) is 4.99. The number of amides is 1. The van der Waals surface area contributed by atoms with E-state index < -0.39 is 42.0 Å². The second-order valence-electron chi connectivity index (χ2n) is 9.54. The third kappa shape index (κ3) is 4.30. The predicted octanol–water partition coefficient (Wildman–Crippen LogP) is 1.57. The van der Waals surface area contributed by atoms with Crippen LogP contribution in [0, 0.1) is 0 Å². The molecule has 194 valence electrons. The van der Waals surface area contributed by atoms with E-state index in [0.29, 0.717) is 13.0 Å². The number of carbonyl (C=O) groups is 1. The van der Waals surface area contributed by atoms with Gasteiger partial charge in [0.25, 0.3) is 5.56 Å². The number of imidazole rings is 1. The molecular formula is C24H27N7O6. The number of nitrogens with zero attached hydrogens (tertiary/aromatic N) is 3. The molecular weight excluding hydrogens is 482 g/mol. The summed E-state index contributed by atoms with van der Waals surface area (Å²) >= 11 is 0. The number of fused-ring (bicyclic) bond motifs is 3. The first kappa shape index (κ1) is 23.5. The van der Waals surface area contributed by atoms with Crippen LogP contribution >= 0.6 is 0 Å². The Labute approximate surface area is 210 Å². The molecule has 13 heteroatoms. The molecule has 0 aliphatic carbocycles. The Bertz CT molecular complexity index is 1520. The molecule has 0 spiro atoms. The molecule has 1 amide bonds. The summed E-state index contributed by atoms with van der Waals surface area (Å²) in [4.78, 5) is 38.7. The number of rotatable bonds is 6. The fourth-order valence-corrected chi connectivity index (χ4v) is 4.99. The number of para-hydroxylation sites is 1. The first-order valence-electron chi connectivity index (χ1n) is 12.0. The van der Waals surface area contributed by atoms with Crippen molar-refractivity contribution < 1.29 is 23.7 Å². The van der Waals surface area contributed by atoms with Gasteiger partial charge in [-0.3, -0.25) is 14.3 Å². The van der Waals surface area contributed by atoms with Gasteiger partial charge in [-0.2, -0.15) is 4.98 Å². The maximum absolute atomic E-state index is 12.4. The van der Waals surface area contributed by atoms with Crippen LogP contribution in [0.4, 0.5) is 10.7 Å². The minimum atomic E-state index is -0.877. The zero-order chi connectivity index (χ0) is 25.7. The molecule has 13 nitrogen and oxygen atoms in total. The third-order valence-corrected chi connectivity index (χ3v) is 6.57. The van der Waals surface area contributed by atoms with Gasteiger partial charge < -0.3 is 35.0 Å². The molecule has 2 fully saturated rings. The molecule has 1 aromatic carbocycles. The van der Waals surface area contributed by atoms with Gasteiger partial charge in [-0.1, -0.05) is 18.2 Å². The van der Waals surface area contributed by atoms with Crippen LogP contribution in [-0.2, 0) is 25.4 Å². The standard InChI is InChI=1S/C24H27N7O6/c1-24(2)36-17-15(10-34-23(33)26-8-7-12-9-27-14-6-4-3-5-13(12)14)35-21(18(17)37-24)31-11-28-16-19(31)29-22(25)30-20(16)32/h3-6,9,11,15,17-18,21,27H,7-8,10H2,1-2H3,(H,26,33)(H3,25,29,30,32). The van der Waals surface area contributed by atoms with Crippen LogP contribution in [0.5, 0.6) is 0 Å². The van der Waals surface area contributed by atoms with Gasteiger partial charge in [0.1, 0.15) is 24.9 Å². The van der Waals surface area contributed by atoms with Crippen LogP contribution in [0.2, 0.25) is 0 Å². The van der Waals surface area contributed by atoms with Crippen molar-refractivity contribution in [2.75, 3.05) is 18.9 Å². The number of nitrogens with one attached hydrogen (secondary N) is 3. The summed E-state index contributed by atoms with van der Waals surface area (Å²) in [6.45, 7) is 3.95. The maximum atomic E-state index is 12.4. The number of hydrogen-bond donors (Lipinski definition) is 4. The van der Waals surface area contributed by atoms with E-state index in [9.17, 15) is 9.59 Å². The van der Waals surface area contributed by atoms with Gasteiger partial charge >= 0.3 is 6.09 Å². The lowest BCUT2D eigenvalue weighted by Crippen LogP contribution is -2.36. The predicted molar refractivity (Wildman–Crippen MR) is 132 cm³/mol. The molecule has 4 atom stereocenters. The number of H-pyrrole nitrogens is 2. The van der Waals surface area contributed by atoms with E-state index >= 15 is 0 Å². The smallest absolute Gasteiger partial charge is 0.407 e. The lowest BCUT2D eigenvalue weighted by molar-refractivity contribution is -0.199. The summed E-state index contributed by atoms with van der Waals surface area (Å²) in [6.07, 6.45) is 1.08. The molecule has 0 radical (unpaired) electrons. The lowest BCUT2D eigenvalue weighted by atomic mass is 10.1. The number of aromatic amines is 2. The molecule has 4 aromatic rings. The summed E-state index contributed by atoms with van der Waals surface area (Å²) in [5, 5.41) is 3.91. The van der Waals surface area contributed by atoms with Gasteiger partial charge in [-0.05, 0) is 31.9 Å². The van der Waals surface area contributed by atoms with Crippen molar-refractivity contribution in [1.82, 2.24) is 29.8 Å². The van der Waals surface area contributed by atoms with Gasteiger partial charge in [0.15, 0.2) is 23.2 Å². The monoisotopic (exact) mass is 509 g/mol. The minimum absolute atomic E-state index is 0.0399. The average molecular weight is 510 g/mol. The summed E-state index contributed by atoms with van der Waals surface area (Å²) in [6, 6.07) is 8.00. The first-order chi connectivity index (χ1) is 17.8. The van der Waals surface area contributed by atoms with E-state index in [4.69, 9.17) is 24.7 Å². The van der Waals surface area contributed by atoms with Crippen LogP contribution in [-0.4, -0.2) is 67.8 Å². The Hall–Kier alpha value is -3.94. The van der Waals surface area contributed by atoms with Gasteiger partial charge in [0.05, 0.1) is 6.33 Å². The first-order valence-corrected chi connectivity index (χ1v) is 12.0. The van der Waals surface area contributed by atoms with Crippen LogP contribution in [0.3, 0.4) is 0 Å². The molecule has 5 N–H and O–H groups in total. The molecule has 4 unspecified atom stereocenters. The Balaban J connectivity index is 1.12. The summed E-state index contributed by atoms with van der Waals surface area (Å²) in [7, 11) is 0. The van der Waals surface area contributed by atoms with E-state index in [1.54, 1.807) is 18.4 Å². The largest absolute Gasteiger partial charge is 0.447 e. The number of benzene rings is 1. The summed E-state index contributed by atoms with van der Waals surface area (Å²) < 4.78 is 25.4. The molecule has 3 aromatic heterocycles. The normalized spacial score (nSPS) is 24.5. The third-order valence-electron chi connectivity index (χ3n) is 6.57. The van der Waals surface area contributed by atoms with Gasteiger partial charge in [0.2, 0.25) is 5.95 Å². The Morgan fingerprint density at radius 1 is 1.27 bits per heavy atom. The number of aromatic nitrogens is 5. The highest BCUT2D eigenvalue weighted by Gasteiger charge is 2.56. The topological polar surface area (TPSA) is 171 Å². The van der Waals surface area contributed by atoms with Crippen LogP contribution < -0.4 is 16.6 Å². The quantitative estimate of drug-likeness (QED) is 0.301. The van der Waals surface area contributed by atoms with E-state index in [0.717, 1.165) is 16.5 Å². The number of anilines is 1. The summed E-state index contributed by atoms with van der Waals surface area (Å²) in [5.74, 6) is -0.917. The van der Waals surface area contributed by atoms with Crippen molar-refractivity contribution in [3.8, 4) is 0 Å². The van der Waals surface area contributed by atoms with Crippen molar-refractivity contribution >= 4 is 34.1 Å². The Morgan fingerprint density at radius 3 is 2.95 bits per heavy atom. The maximum Gasteiger partial charge on any atom is 0.407 e. The number of alkyl carbamates (subject to hydrolysis) is 1. The zero-order valence-electron chi connectivity index (χ0n) is 20.3. The SMILES string of the molecule is CC1(C)OC2C(COC(=O)NCCc3c[nH]c4ccccc34)OC(n3cnc4c(=O)[nH]c(N)nc43)C2O1. The van der Waals surface area contributed by atoms with Crippen molar-refractivity contribution in [3.05, 3.63) is 52.7 Å². The molecule has 2 aliphatic heterocycles. The number of nitrogen functional groups attached to an aromatic ring is 1. The minimum Gasteiger partial charge on any atom is -0.447 e. The molecule has 2 aliphatic rings. The van der Waals surface area contributed by atoms with Gasteiger partial charge in [0, 0.05) is 23.6 Å². The fraction of sp³-hybridized carbons (Fsp3) is 0.417. The Kier molecular flexibility index (Phi) is 5.62. The Morgan fingerprint density at radius 2 is 2.08 bits per heavy atom. The van der Waals surface area contributed by atoms with Crippen molar-refractivity contribution in [1.29, 1.82) is 0 Å². The molecule has 0 saturated carbocycles. The number of nitrogens with two attached hydrogens (primary N) is 1. The van der Waals surface area contributed by atoms with E-state index in [-0.39, 0.29) is 23.7 Å². The second kappa shape index (κ2) is 8.87. The average Bonchev–Trinajstić information content (AvgIpc) is 3.60. The second-order valence-corrected chi connectivity index (χ2v) is 9.54. The molecule has 0 bridgehead atoms. The van der Waals surface area contributed by atoms with Crippen LogP contribution in [0.15, 0.2) is 41.6 Å². The van der Waals surface area contributed by atoms with Crippen molar-refractivity contribution in [2.24, 2.45) is 0 Å². The lowest BCUT2D eigenvalue weighted by Gasteiger charge is -2.24. The van der Waals surface area contributed by atoms with Gasteiger partial charge in [-0.15, -0.1) is 0 Å². The van der Waals surface area contributed by atoms with Gasteiger partial charge in [-0.25, -0.2) is 9.78 Å². The summed E-state index contributed by atoms with van der Waals surface area (Å²) in [5.41, 5.74) is 7.83. The van der Waals surface area contributed by atoms with E-state index in [2.05, 4.69) is 25.3 Å². The van der Waals surface area contributed by atoms with Crippen molar-refractivity contribution in [3.63, 3.8) is 0 Å². The van der Waals surface area contributed by atoms with E-state index in [1.807, 2.05) is 30.5 Å². The number of carbonyl (C=O) groups excluding carboxylic acids is 1. The number of ether oxygens (including phenoxy) is 4. The molecule has 37 heavy (non-hydrogen) atoms. The highest BCUT2D eigenvalue weighted by molar-refractivity contribution is 5.83. The number of hydrogen-bond acceptors (Lipinski definition) is 9. The molecule has 5 heterocycles. The van der Waals surface area contributed by atoms with E-state index in [1.165, 1.54) is 6.33 Å².